The van der Waals surface area contributed by atoms with Gasteiger partial charge in [-0.05, 0) is 55.8 Å². The van der Waals surface area contributed by atoms with Crippen molar-refractivity contribution in [1.82, 2.24) is 15.2 Å². The second-order valence-corrected chi connectivity index (χ2v) is 8.78. The SMILES string of the molecule is CC(C)CC(NC(=O)c1ccc(Cl)cc1)C(=O)Nc1ccc(N2CCN(C)CC2)cn1. The molecule has 7 nitrogen and oxygen atoms in total. The van der Waals surface area contributed by atoms with E-state index in [0.717, 1.165) is 31.9 Å². The minimum absolute atomic E-state index is 0.230. The maximum Gasteiger partial charge on any atom is 0.251 e. The van der Waals surface area contributed by atoms with Gasteiger partial charge >= 0.3 is 0 Å². The quantitative estimate of drug-likeness (QED) is 0.686. The Kier molecular flexibility index (Phi) is 7.87. The molecule has 1 saturated heterocycles. The van der Waals surface area contributed by atoms with Crippen LogP contribution in [0.15, 0.2) is 42.6 Å². The molecular weight excluding hydrogens is 414 g/mol. The summed E-state index contributed by atoms with van der Waals surface area (Å²) in [4.78, 5) is 34.5. The molecule has 2 N–H and O–H groups in total. The molecule has 1 fully saturated rings. The average Bonchev–Trinajstić information content (AvgIpc) is 2.74. The number of carbonyl (C=O) groups excluding carboxylic acids is 2. The fourth-order valence-electron chi connectivity index (χ4n) is 3.47. The van der Waals surface area contributed by atoms with Crippen LogP contribution < -0.4 is 15.5 Å². The Hall–Kier alpha value is -2.64. The number of likely N-dealkylation sites (N-methyl/N-ethyl adjacent to an activating group) is 1. The number of rotatable bonds is 7. The molecule has 1 aromatic carbocycles. The van der Waals surface area contributed by atoms with Gasteiger partial charge in [0.2, 0.25) is 5.91 Å². The molecule has 2 aromatic rings. The zero-order valence-corrected chi connectivity index (χ0v) is 19.0. The molecule has 0 spiro atoms. The van der Waals surface area contributed by atoms with Crippen LogP contribution in [-0.4, -0.2) is 61.0 Å². The molecule has 1 aromatic heterocycles. The lowest BCUT2D eigenvalue weighted by Gasteiger charge is -2.33. The molecular formula is C23H30ClN5O2. The minimum Gasteiger partial charge on any atom is -0.368 e. The van der Waals surface area contributed by atoms with E-state index in [9.17, 15) is 9.59 Å². The maximum atomic E-state index is 12.9. The zero-order valence-electron chi connectivity index (χ0n) is 18.3. The molecule has 31 heavy (non-hydrogen) atoms. The number of carbonyl (C=O) groups is 2. The number of nitrogens with one attached hydrogen (secondary N) is 2. The summed E-state index contributed by atoms with van der Waals surface area (Å²) in [5, 5.41) is 6.23. The smallest absolute Gasteiger partial charge is 0.251 e. The van der Waals surface area contributed by atoms with Crippen molar-refractivity contribution in [2.75, 3.05) is 43.4 Å². The van der Waals surface area contributed by atoms with Crippen LogP contribution in [0, 0.1) is 5.92 Å². The largest absolute Gasteiger partial charge is 0.368 e. The summed E-state index contributed by atoms with van der Waals surface area (Å²) in [6, 6.07) is 9.69. The standard InChI is InChI=1S/C23H30ClN5O2/c1-16(2)14-20(26-22(30)17-4-6-18(24)7-5-17)23(31)27-21-9-8-19(15-25-21)29-12-10-28(3)11-13-29/h4-9,15-16,20H,10-14H2,1-3H3,(H,26,30)(H,25,27,31). The normalized spacial score (nSPS) is 15.6. The average molecular weight is 444 g/mol. The van der Waals surface area contributed by atoms with Gasteiger partial charge in [0.25, 0.3) is 5.91 Å². The Morgan fingerprint density at radius 2 is 1.74 bits per heavy atom. The minimum atomic E-state index is -0.665. The van der Waals surface area contributed by atoms with Crippen LogP contribution in [-0.2, 0) is 4.79 Å². The Balaban J connectivity index is 1.63. The summed E-state index contributed by atoms with van der Waals surface area (Å²) < 4.78 is 0. The van der Waals surface area contributed by atoms with Crippen molar-refractivity contribution in [2.24, 2.45) is 5.92 Å². The van der Waals surface area contributed by atoms with E-state index < -0.39 is 6.04 Å². The third-order valence-corrected chi connectivity index (χ3v) is 5.55. The Morgan fingerprint density at radius 1 is 1.06 bits per heavy atom. The number of benzene rings is 1. The van der Waals surface area contributed by atoms with Crippen LogP contribution >= 0.6 is 11.6 Å². The van der Waals surface area contributed by atoms with E-state index in [1.54, 1.807) is 36.5 Å². The number of pyridine rings is 1. The van der Waals surface area contributed by atoms with Gasteiger partial charge in [-0.15, -0.1) is 0 Å². The Bertz CT molecular complexity index is 878. The van der Waals surface area contributed by atoms with Crippen molar-refractivity contribution < 1.29 is 9.59 Å². The lowest BCUT2D eigenvalue weighted by Crippen LogP contribution is -2.45. The summed E-state index contributed by atoms with van der Waals surface area (Å²) in [6.45, 7) is 7.97. The van der Waals surface area contributed by atoms with Gasteiger partial charge in [-0.3, -0.25) is 9.59 Å². The van der Waals surface area contributed by atoms with E-state index in [0.29, 0.717) is 22.8 Å². The van der Waals surface area contributed by atoms with Crippen LogP contribution in [0.25, 0.3) is 0 Å². The van der Waals surface area contributed by atoms with Crippen LogP contribution in [0.5, 0.6) is 0 Å². The van der Waals surface area contributed by atoms with Crippen LogP contribution in [0.1, 0.15) is 30.6 Å². The van der Waals surface area contributed by atoms with Gasteiger partial charge in [0.1, 0.15) is 11.9 Å². The van der Waals surface area contributed by atoms with Gasteiger partial charge in [-0.2, -0.15) is 0 Å². The Labute approximate surface area is 188 Å². The van der Waals surface area contributed by atoms with Crippen molar-refractivity contribution in [3.63, 3.8) is 0 Å². The van der Waals surface area contributed by atoms with Crippen LogP contribution in [0.4, 0.5) is 11.5 Å². The number of piperazine rings is 1. The van der Waals surface area contributed by atoms with Gasteiger partial charge in [0, 0.05) is 36.8 Å². The van der Waals surface area contributed by atoms with E-state index in [-0.39, 0.29) is 17.7 Å². The van der Waals surface area contributed by atoms with E-state index in [1.807, 2.05) is 19.9 Å². The molecule has 1 aliphatic rings. The highest BCUT2D eigenvalue weighted by Gasteiger charge is 2.23. The fourth-order valence-corrected chi connectivity index (χ4v) is 3.60. The van der Waals surface area contributed by atoms with E-state index in [4.69, 9.17) is 11.6 Å². The van der Waals surface area contributed by atoms with Gasteiger partial charge in [-0.25, -0.2) is 4.98 Å². The van der Waals surface area contributed by atoms with Crippen molar-refractivity contribution in [3.8, 4) is 0 Å². The van der Waals surface area contributed by atoms with Crippen molar-refractivity contribution in [1.29, 1.82) is 0 Å². The number of aromatic nitrogens is 1. The molecule has 1 aliphatic heterocycles. The van der Waals surface area contributed by atoms with Crippen molar-refractivity contribution in [3.05, 3.63) is 53.2 Å². The molecule has 0 bridgehead atoms. The Morgan fingerprint density at radius 3 is 2.32 bits per heavy atom. The maximum absolute atomic E-state index is 12.9. The predicted octanol–water partition coefficient (Wildman–Crippen LogP) is 3.27. The van der Waals surface area contributed by atoms with E-state index in [2.05, 4.69) is 32.5 Å². The monoisotopic (exact) mass is 443 g/mol. The molecule has 1 atom stereocenters. The number of anilines is 2. The van der Waals surface area contributed by atoms with Gasteiger partial charge < -0.3 is 20.4 Å². The molecule has 166 valence electrons. The first-order chi connectivity index (χ1) is 14.8. The number of hydrogen-bond donors (Lipinski definition) is 2. The topological polar surface area (TPSA) is 77.6 Å². The summed E-state index contributed by atoms with van der Waals surface area (Å²) in [5.74, 6) is 0.109. The molecule has 2 heterocycles. The number of nitrogens with zero attached hydrogens (tertiary/aromatic N) is 3. The van der Waals surface area contributed by atoms with E-state index in [1.165, 1.54) is 0 Å². The first kappa shape index (κ1) is 23.0. The first-order valence-electron chi connectivity index (χ1n) is 10.6. The van der Waals surface area contributed by atoms with Gasteiger partial charge in [0.05, 0.1) is 11.9 Å². The molecule has 0 aliphatic carbocycles. The molecule has 2 amide bonds. The highest BCUT2D eigenvalue weighted by molar-refractivity contribution is 6.30. The van der Waals surface area contributed by atoms with E-state index >= 15 is 0 Å². The highest BCUT2D eigenvalue weighted by Crippen LogP contribution is 2.18. The second kappa shape index (κ2) is 10.6. The summed E-state index contributed by atoms with van der Waals surface area (Å²) in [6.07, 6.45) is 2.30. The molecule has 0 saturated carbocycles. The van der Waals surface area contributed by atoms with Gasteiger partial charge in [-0.1, -0.05) is 25.4 Å². The van der Waals surface area contributed by atoms with Crippen LogP contribution in [0.2, 0.25) is 5.02 Å². The lowest BCUT2D eigenvalue weighted by molar-refractivity contribution is -0.118. The first-order valence-corrected chi connectivity index (χ1v) is 11.0. The summed E-state index contributed by atoms with van der Waals surface area (Å²) in [7, 11) is 2.12. The number of hydrogen-bond acceptors (Lipinski definition) is 5. The highest BCUT2D eigenvalue weighted by atomic mass is 35.5. The fraction of sp³-hybridized carbons (Fsp3) is 0.435. The summed E-state index contributed by atoms with van der Waals surface area (Å²) in [5.41, 5.74) is 1.50. The molecule has 8 heteroatoms. The number of halogens is 1. The summed E-state index contributed by atoms with van der Waals surface area (Å²) >= 11 is 5.89. The lowest BCUT2D eigenvalue weighted by atomic mass is 10.0. The zero-order chi connectivity index (χ0) is 22.4. The van der Waals surface area contributed by atoms with Gasteiger partial charge in [0.15, 0.2) is 0 Å². The van der Waals surface area contributed by atoms with Crippen molar-refractivity contribution >= 4 is 34.9 Å². The molecule has 3 rings (SSSR count). The number of amides is 2. The van der Waals surface area contributed by atoms with Crippen LogP contribution in [0.3, 0.4) is 0 Å². The van der Waals surface area contributed by atoms with Crippen molar-refractivity contribution in [2.45, 2.75) is 26.3 Å². The molecule has 1 unspecified atom stereocenters. The second-order valence-electron chi connectivity index (χ2n) is 8.34. The predicted molar refractivity (Wildman–Crippen MR) is 125 cm³/mol. The third kappa shape index (κ3) is 6.67. The molecule has 0 radical (unpaired) electrons. The third-order valence-electron chi connectivity index (χ3n) is 5.30.